The lowest BCUT2D eigenvalue weighted by atomic mass is 10.1. The molecule has 0 heterocycles. The average molecular weight is 366 g/mol. The lowest BCUT2D eigenvalue weighted by Gasteiger charge is -2.12. The number of carbonyl (C=O) groups excluding carboxylic acids is 2. The first-order valence-corrected chi connectivity index (χ1v) is 7.89. The molecule has 4 N–H and O–H groups in total. The number of hydrogen-bond acceptors (Lipinski definition) is 3. The predicted octanol–water partition coefficient (Wildman–Crippen LogP) is 3.24. The zero-order valence-corrected chi connectivity index (χ0v) is 13.9. The summed E-state index contributed by atoms with van der Waals surface area (Å²) in [5.41, 5.74) is 0.754. The minimum atomic E-state index is -0.641. The fourth-order valence-corrected chi connectivity index (χ4v) is 2.30. The third kappa shape index (κ3) is 5.74. The van der Waals surface area contributed by atoms with E-state index in [2.05, 4.69) is 16.0 Å². The molecule has 2 aromatic carbocycles. The van der Waals surface area contributed by atoms with E-state index in [9.17, 15) is 14.0 Å². The number of nitrogens with one attached hydrogen (secondary N) is 3. The van der Waals surface area contributed by atoms with Gasteiger partial charge in [0.15, 0.2) is 0 Å². The molecular weight excluding hydrogens is 349 g/mol. The molecule has 8 heteroatoms. The highest BCUT2D eigenvalue weighted by Gasteiger charge is 2.13. The van der Waals surface area contributed by atoms with E-state index in [0.717, 1.165) is 12.1 Å². The number of urea groups is 1. The standard InChI is InChI=1S/C17H17ClFN3O3/c18-11-8-12(19)10-13(9-11)21-17(25)22-15-5-2-1-4-14(15)16(24)20-6-3-7-23/h1-2,4-5,8-10,23H,3,6-7H2,(H,20,24)(H2,21,22,25). The molecule has 0 aliphatic heterocycles. The van der Waals surface area contributed by atoms with Crippen LogP contribution in [0.1, 0.15) is 16.8 Å². The molecule has 0 atom stereocenters. The summed E-state index contributed by atoms with van der Waals surface area (Å²) in [6, 6.07) is 9.46. The molecular formula is C17H17ClFN3O3. The first kappa shape index (κ1) is 18.7. The summed E-state index contributed by atoms with van der Waals surface area (Å²) in [6.45, 7) is 0.288. The van der Waals surface area contributed by atoms with Gasteiger partial charge in [0, 0.05) is 23.9 Å². The van der Waals surface area contributed by atoms with Crippen molar-refractivity contribution in [2.75, 3.05) is 23.8 Å². The van der Waals surface area contributed by atoms with Gasteiger partial charge in [-0.1, -0.05) is 23.7 Å². The molecule has 2 rings (SSSR count). The van der Waals surface area contributed by atoms with Gasteiger partial charge in [0.25, 0.3) is 5.91 Å². The van der Waals surface area contributed by atoms with Gasteiger partial charge in [-0.15, -0.1) is 0 Å². The Balaban J connectivity index is 2.06. The van der Waals surface area contributed by atoms with Crippen molar-refractivity contribution in [1.29, 1.82) is 0 Å². The Morgan fingerprint density at radius 1 is 1.12 bits per heavy atom. The van der Waals surface area contributed by atoms with E-state index in [-0.39, 0.29) is 28.8 Å². The van der Waals surface area contributed by atoms with Gasteiger partial charge in [-0.05, 0) is 36.8 Å². The largest absolute Gasteiger partial charge is 0.396 e. The SMILES string of the molecule is O=C(Nc1cc(F)cc(Cl)c1)Nc1ccccc1C(=O)NCCCO. The van der Waals surface area contributed by atoms with Gasteiger partial charge < -0.3 is 21.1 Å². The summed E-state index contributed by atoms with van der Waals surface area (Å²) in [6.07, 6.45) is 0.433. The van der Waals surface area contributed by atoms with Crippen molar-refractivity contribution < 1.29 is 19.1 Å². The monoisotopic (exact) mass is 365 g/mol. The van der Waals surface area contributed by atoms with Crippen molar-refractivity contribution in [2.45, 2.75) is 6.42 Å². The Hall–Kier alpha value is -2.64. The summed E-state index contributed by atoms with van der Waals surface area (Å²) >= 11 is 5.74. The second kappa shape index (κ2) is 9.00. The Morgan fingerprint density at radius 3 is 2.60 bits per heavy atom. The summed E-state index contributed by atoms with van der Waals surface area (Å²) in [5.74, 6) is -0.954. The Bertz CT molecular complexity index is 750. The zero-order valence-electron chi connectivity index (χ0n) is 13.2. The third-order valence-electron chi connectivity index (χ3n) is 3.16. The first-order chi connectivity index (χ1) is 12.0. The number of aliphatic hydroxyl groups excluding tert-OH is 1. The first-order valence-electron chi connectivity index (χ1n) is 7.52. The Labute approximate surface area is 149 Å². The van der Waals surface area contributed by atoms with Crippen molar-refractivity contribution in [2.24, 2.45) is 0 Å². The number of aliphatic hydroxyl groups is 1. The molecule has 0 aliphatic rings. The lowest BCUT2D eigenvalue weighted by Crippen LogP contribution is -2.27. The third-order valence-corrected chi connectivity index (χ3v) is 3.38. The fourth-order valence-electron chi connectivity index (χ4n) is 2.08. The highest BCUT2D eigenvalue weighted by Crippen LogP contribution is 2.19. The van der Waals surface area contributed by atoms with Gasteiger partial charge in [0.1, 0.15) is 5.82 Å². The minimum Gasteiger partial charge on any atom is -0.396 e. The van der Waals surface area contributed by atoms with Crippen molar-refractivity contribution in [3.63, 3.8) is 0 Å². The highest BCUT2D eigenvalue weighted by atomic mass is 35.5. The van der Waals surface area contributed by atoms with Gasteiger partial charge in [0.05, 0.1) is 11.3 Å². The molecule has 0 fully saturated rings. The van der Waals surface area contributed by atoms with E-state index < -0.39 is 11.8 Å². The number of benzene rings is 2. The normalized spacial score (nSPS) is 10.2. The van der Waals surface area contributed by atoms with Gasteiger partial charge >= 0.3 is 6.03 Å². The summed E-state index contributed by atoms with van der Waals surface area (Å²) in [5, 5.41) is 16.5. The molecule has 0 aliphatic carbocycles. The van der Waals surface area contributed by atoms with Crippen LogP contribution in [-0.4, -0.2) is 30.2 Å². The molecule has 0 unspecified atom stereocenters. The Kier molecular flexibility index (Phi) is 6.73. The quantitative estimate of drug-likeness (QED) is 0.592. The summed E-state index contributed by atoms with van der Waals surface area (Å²) < 4.78 is 13.3. The average Bonchev–Trinajstić information content (AvgIpc) is 2.54. The number of halogens is 2. The molecule has 0 bridgehead atoms. The minimum absolute atomic E-state index is 0.0290. The number of anilines is 2. The molecule has 0 radical (unpaired) electrons. The molecule has 132 valence electrons. The van der Waals surface area contributed by atoms with Crippen LogP contribution in [0.15, 0.2) is 42.5 Å². The summed E-state index contributed by atoms with van der Waals surface area (Å²) in [7, 11) is 0. The van der Waals surface area contributed by atoms with Crippen molar-refractivity contribution in [3.8, 4) is 0 Å². The molecule has 0 saturated carbocycles. The van der Waals surface area contributed by atoms with Crippen LogP contribution in [0.2, 0.25) is 5.02 Å². The molecule has 6 nitrogen and oxygen atoms in total. The van der Waals surface area contributed by atoms with Crippen LogP contribution in [-0.2, 0) is 0 Å². The molecule has 25 heavy (non-hydrogen) atoms. The lowest BCUT2D eigenvalue weighted by molar-refractivity contribution is 0.0952. The van der Waals surface area contributed by atoms with Crippen LogP contribution >= 0.6 is 11.6 Å². The van der Waals surface area contributed by atoms with Gasteiger partial charge in [0.2, 0.25) is 0 Å². The smallest absolute Gasteiger partial charge is 0.323 e. The molecule has 3 amide bonds. The maximum atomic E-state index is 13.3. The van der Waals surface area contributed by atoms with Crippen molar-refractivity contribution >= 4 is 34.9 Å². The number of amides is 3. The van der Waals surface area contributed by atoms with Crippen LogP contribution in [0.25, 0.3) is 0 Å². The molecule has 0 spiro atoms. The Morgan fingerprint density at radius 2 is 1.88 bits per heavy atom. The van der Waals surface area contributed by atoms with Crippen molar-refractivity contribution in [3.05, 3.63) is 58.9 Å². The van der Waals surface area contributed by atoms with Crippen LogP contribution in [0.4, 0.5) is 20.6 Å². The molecule has 0 saturated heterocycles. The van der Waals surface area contributed by atoms with E-state index in [1.54, 1.807) is 24.3 Å². The second-order valence-corrected chi connectivity index (χ2v) is 5.55. The van der Waals surface area contributed by atoms with Crippen molar-refractivity contribution in [1.82, 2.24) is 5.32 Å². The van der Waals surface area contributed by atoms with Crippen LogP contribution in [0.5, 0.6) is 0 Å². The molecule has 2 aromatic rings. The number of hydrogen-bond donors (Lipinski definition) is 4. The fraction of sp³-hybridized carbons (Fsp3) is 0.176. The van der Waals surface area contributed by atoms with E-state index in [1.165, 1.54) is 6.07 Å². The van der Waals surface area contributed by atoms with Gasteiger partial charge in [-0.3, -0.25) is 4.79 Å². The van der Waals surface area contributed by atoms with Crippen LogP contribution in [0, 0.1) is 5.82 Å². The van der Waals surface area contributed by atoms with E-state index in [0.29, 0.717) is 18.7 Å². The zero-order chi connectivity index (χ0) is 18.2. The number of carbonyl (C=O) groups is 2. The van der Waals surface area contributed by atoms with E-state index >= 15 is 0 Å². The van der Waals surface area contributed by atoms with Crippen LogP contribution < -0.4 is 16.0 Å². The number of rotatable bonds is 6. The van der Waals surface area contributed by atoms with Gasteiger partial charge in [-0.25, -0.2) is 9.18 Å². The number of para-hydroxylation sites is 1. The highest BCUT2D eigenvalue weighted by molar-refractivity contribution is 6.31. The summed E-state index contributed by atoms with van der Waals surface area (Å²) in [4.78, 5) is 24.2. The topological polar surface area (TPSA) is 90.5 Å². The van der Waals surface area contributed by atoms with E-state index in [4.69, 9.17) is 16.7 Å². The van der Waals surface area contributed by atoms with Crippen LogP contribution in [0.3, 0.4) is 0 Å². The maximum Gasteiger partial charge on any atom is 0.323 e. The van der Waals surface area contributed by atoms with Gasteiger partial charge in [-0.2, -0.15) is 0 Å². The molecule has 0 aromatic heterocycles. The predicted molar refractivity (Wildman–Crippen MR) is 94.5 cm³/mol. The second-order valence-electron chi connectivity index (χ2n) is 5.12. The van der Waals surface area contributed by atoms with E-state index in [1.807, 2.05) is 0 Å². The maximum absolute atomic E-state index is 13.3.